The van der Waals surface area contributed by atoms with Crippen LogP contribution in [0.3, 0.4) is 0 Å². The summed E-state index contributed by atoms with van der Waals surface area (Å²) in [4.78, 5) is 15.4. The molecule has 0 spiro atoms. The number of anilines is 1. The lowest BCUT2D eigenvalue weighted by Crippen LogP contribution is -2.52. The zero-order chi connectivity index (χ0) is 24.5. The standard InChI is InChI=1S/C29H30ClN3O3/c30-22-7-4-8-23(16-22)31-28(34)32-24-11-12-29(21-9-10-25-26(15-21)36-19-35-25)13-14-33(27(29)17-24)18-20-5-2-1-3-6-20/h1-10,15-16,24,27H,11-14,17-19H2,(H2,31,32,34)/t24-,27-,29-/m0/s1. The number of halogens is 1. The molecule has 1 saturated heterocycles. The van der Waals surface area contributed by atoms with Crippen LogP contribution >= 0.6 is 11.6 Å². The van der Waals surface area contributed by atoms with Gasteiger partial charge in [0.1, 0.15) is 0 Å². The van der Waals surface area contributed by atoms with E-state index in [9.17, 15) is 4.79 Å². The zero-order valence-corrected chi connectivity index (χ0v) is 20.8. The van der Waals surface area contributed by atoms with Crippen molar-refractivity contribution in [2.45, 2.75) is 49.7 Å². The lowest BCUT2D eigenvalue weighted by atomic mass is 9.65. The van der Waals surface area contributed by atoms with Crippen LogP contribution in [0.25, 0.3) is 0 Å². The number of urea groups is 1. The molecule has 2 heterocycles. The molecule has 7 heteroatoms. The minimum absolute atomic E-state index is 0.0252. The van der Waals surface area contributed by atoms with Crippen LogP contribution in [0.4, 0.5) is 10.5 Å². The smallest absolute Gasteiger partial charge is 0.319 e. The molecule has 1 aliphatic carbocycles. The molecule has 2 fully saturated rings. The Labute approximate surface area is 216 Å². The monoisotopic (exact) mass is 503 g/mol. The maximum Gasteiger partial charge on any atom is 0.319 e. The van der Waals surface area contributed by atoms with Gasteiger partial charge < -0.3 is 20.1 Å². The molecule has 6 rings (SSSR count). The second-order valence-electron chi connectivity index (χ2n) is 10.0. The molecule has 6 nitrogen and oxygen atoms in total. The number of carbonyl (C=O) groups excluding carboxylic acids is 1. The van der Waals surface area contributed by atoms with Crippen LogP contribution in [0.15, 0.2) is 72.8 Å². The Hall–Kier alpha value is -3.22. The largest absolute Gasteiger partial charge is 0.454 e. The Morgan fingerprint density at radius 1 is 1.00 bits per heavy atom. The predicted molar refractivity (Wildman–Crippen MR) is 141 cm³/mol. The van der Waals surface area contributed by atoms with Crippen LogP contribution in [-0.2, 0) is 12.0 Å². The number of nitrogens with one attached hydrogen (secondary N) is 2. The number of benzene rings is 3. The van der Waals surface area contributed by atoms with Crippen LogP contribution in [0.2, 0.25) is 5.02 Å². The molecule has 0 bridgehead atoms. The summed E-state index contributed by atoms with van der Waals surface area (Å²) in [6.45, 7) is 2.21. The number of hydrogen-bond donors (Lipinski definition) is 2. The van der Waals surface area contributed by atoms with Crippen molar-refractivity contribution in [1.82, 2.24) is 10.2 Å². The van der Waals surface area contributed by atoms with Gasteiger partial charge in [-0.3, -0.25) is 4.90 Å². The van der Waals surface area contributed by atoms with Gasteiger partial charge in [-0.1, -0.05) is 54.1 Å². The van der Waals surface area contributed by atoms with Crippen molar-refractivity contribution in [3.8, 4) is 11.5 Å². The van der Waals surface area contributed by atoms with Crippen molar-refractivity contribution >= 4 is 23.3 Å². The minimum atomic E-state index is -0.189. The number of nitrogens with zero attached hydrogens (tertiary/aromatic N) is 1. The van der Waals surface area contributed by atoms with Gasteiger partial charge >= 0.3 is 6.03 Å². The summed E-state index contributed by atoms with van der Waals surface area (Å²) in [6.07, 6.45) is 3.91. The third kappa shape index (κ3) is 4.51. The summed E-state index contributed by atoms with van der Waals surface area (Å²) in [7, 11) is 0. The number of carbonyl (C=O) groups is 1. The van der Waals surface area contributed by atoms with Gasteiger partial charge in [0.25, 0.3) is 0 Å². The van der Waals surface area contributed by atoms with Gasteiger partial charge in [-0.2, -0.15) is 0 Å². The fourth-order valence-electron chi connectivity index (χ4n) is 6.24. The first-order valence-corrected chi connectivity index (χ1v) is 13.0. The lowest BCUT2D eigenvalue weighted by molar-refractivity contribution is 0.131. The number of amides is 2. The molecule has 0 radical (unpaired) electrons. The van der Waals surface area contributed by atoms with Gasteiger partial charge in [-0.05, 0) is 73.7 Å². The topological polar surface area (TPSA) is 62.8 Å². The maximum atomic E-state index is 12.8. The van der Waals surface area contributed by atoms with Crippen LogP contribution in [0.1, 0.15) is 36.8 Å². The van der Waals surface area contributed by atoms with E-state index in [4.69, 9.17) is 21.1 Å². The molecule has 36 heavy (non-hydrogen) atoms. The van der Waals surface area contributed by atoms with Gasteiger partial charge in [0, 0.05) is 34.8 Å². The van der Waals surface area contributed by atoms with Crippen molar-refractivity contribution in [2.24, 2.45) is 0 Å². The third-order valence-corrected chi connectivity index (χ3v) is 8.20. The van der Waals surface area contributed by atoms with Crippen molar-refractivity contribution in [3.63, 3.8) is 0 Å². The molecule has 2 N–H and O–H groups in total. The molecule has 2 aliphatic heterocycles. The van der Waals surface area contributed by atoms with E-state index in [-0.39, 0.29) is 24.3 Å². The van der Waals surface area contributed by atoms with E-state index >= 15 is 0 Å². The molecular weight excluding hydrogens is 474 g/mol. The molecule has 3 atom stereocenters. The van der Waals surface area contributed by atoms with E-state index in [1.54, 1.807) is 12.1 Å². The molecule has 0 aromatic heterocycles. The van der Waals surface area contributed by atoms with Crippen LogP contribution in [-0.4, -0.2) is 36.4 Å². The highest BCUT2D eigenvalue weighted by Crippen LogP contribution is 2.51. The van der Waals surface area contributed by atoms with Crippen molar-refractivity contribution < 1.29 is 14.3 Å². The number of likely N-dealkylation sites (tertiary alicyclic amines) is 1. The van der Waals surface area contributed by atoms with E-state index in [0.29, 0.717) is 16.8 Å². The molecule has 186 valence electrons. The molecule has 3 aliphatic rings. The molecule has 0 unspecified atom stereocenters. The fourth-order valence-corrected chi connectivity index (χ4v) is 6.44. The number of ether oxygens (including phenoxy) is 2. The highest BCUT2D eigenvalue weighted by molar-refractivity contribution is 6.30. The van der Waals surface area contributed by atoms with E-state index in [2.05, 4.69) is 58.0 Å². The van der Waals surface area contributed by atoms with Gasteiger partial charge in [0.05, 0.1) is 0 Å². The Morgan fingerprint density at radius 3 is 2.72 bits per heavy atom. The van der Waals surface area contributed by atoms with Crippen LogP contribution in [0.5, 0.6) is 11.5 Å². The highest BCUT2D eigenvalue weighted by atomic mass is 35.5. The summed E-state index contributed by atoms with van der Waals surface area (Å²) < 4.78 is 11.3. The summed E-state index contributed by atoms with van der Waals surface area (Å²) in [5.41, 5.74) is 3.34. The van der Waals surface area contributed by atoms with Crippen molar-refractivity contribution in [3.05, 3.63) is 88.9 Å². The number of hydrogen-bond acceptors (Lipinski definition) is 4. The fraction of sp³-hybridized carbons (Fsp3) is 0.345. The van der Waals surface area contributed by atoms with Crippen LogP contribution < -0.4 is 20.1 Å². The Kier molecular flexibility index (Phi) is 6.23. The van der Waals surface area contributed by atoms with Crippen LogP contribution in [0, 0.1) is 0 Å². The lowest BCUT2D eigenvalue weighted by Gasteiger charge is -2.45. The first kappa shape index (κ1) is 23.2. The Balaban J connectivity index is 1.23. The first-order valence-electron chi connectivity index (χ1n) is 12.6. The van der Waals surface area contributed by atoms with Gasteiger partial charge in [-0.15, -0.1) is 0 Å². The third-order valence-electron chi connectivity index (χ3n) is 7.96. The maximum absolute atomic E-state index is 12.8. The summed E-state index contributed by atoms with van der Waals surface area (Å²) in [5, 5.41) is 6.76. The summed E-state index contributed by atoms with van der Waals surface area (Å²) in [5.74, 6) is 1.65. The Bertz CT molecular complexity index is 1250. The van der Waals surface area contributed by atoms with E-state index in [1.807, 2.05) is 18.2 Å². The van der Waals surface area contributed by atoms with E-state index < -0.39 is 0 Å². The molecule has 3 aromatic carbocycles. The highest BCUT2D eigenvalue weighted by Gasteiger charge is 2.51. The average Bonchev–Trinajstić information content (AvgIpc) is 3.50. The number of fused-ring (bicyclic) bond motifs is 2. The first-order chi connectivity index (χ1) is 17.6. The van der Waals surface area contributed by atoms with Gasteiger partial charge in [0.15, 0.2) is 11.5 Å². The molecule has 2 amide bonds. The average molecular weight is 504 g/mol. The zero-order valence-electron chi connectivity index (χ0n) is 20.1. The molecule has 3 aromatic rings. The summed E-state index contributed by atoms with van der Waals surface area (Å²) in [6, 6.07) is 24.5. The predicted octanol–water partition coefficient (Wildman–Crippen LogP) is 5.96. The second kappa shape index (κ2) is 9.68. The van der Waals surface area contributed by atoms with Crippen molar-refractivity contribution in [1.29, 1.82) is 0 Å². The second-order valence-corrected chi connectivity index (χ2v) is 10.5. The Morgan fingerprint density at radius 2 is 1.86 bits per heavy atom. The van der Waals surface area contributed by atoms with E-state index in [1.165, 1.54) is 11.1 Å². The van der Waals surface area contributed by atoms with Gasteiger partial charge in [0.2, 0.25) is 6.79 Å². The number of rotatable bonds is 5. The quantitative estimate of drug-likeness (QED) is 0.451. The SMILES string of the molecule is O=C(Nc1cccc(Cl)c1)N[C@H]1CC[C@@]2(c3ccc4c(c3)OCO4)CCN(Cc3ccccc3)[C@H]2C1. The molecular formula is C29H30ClN3O3. The minimum Gasteiger partial charge on any atom is -0.454 e. The van der Waals surface area contributed by atoms with Crippen molar-refractivity contribution in [2.75, 3.05) is 18.7 Å². The normalized spacial score (nSPS) is 24.8. The molecule has 1 saturated carbocycles. The van der Waals surface area contributed by atoms with Gasteiger partial charge in [-0.25, -0.2) is 4.79 Å². The summed E-state index contributed by atoms with van der Waals surface area (Å²) >= 11 is 6.08. The van der Waals surface area contributed by atoms with E-state index in [0.717, 1.165) is 50.3 Å².